The largest absolute Gasteiger partial charge is 0.497 e. The molecule has 0 fully saturated rings. The van der Waals surface area contributed by atoms with Crippen molar-refractivity contribution in [1.29, 1.82) is 0 Å². The minimum Gasteiger partial charge on any atom is -0.497 e. The first-order valence-electron chi connectivity index (χ1n) is 7.38. The SMILES string of the molecule is COc1ccc(OC)c(N(CCNC(=O)c2cccs2)C(C)=O)c1. The zero-order valence-corrected chi connectivity index (χ0v) is 14.7. The molecular weight excluding hydrogens is 328 g/mol. The highest BCUT2D eigenvalue weighted by Gasteiger charge is 2.17. The summed E-state index contributed by atoms with van der Waals surface area (Å²) in [7, 11) is 3.10. The van der Waals surface area contributed by atoms with Crippen LogP contribution in [0.1, 0.15) is 16.6 Å². The Morgan fingerprint density at radius 2 is 2.00 bits per heavy atom. The van der Waals surface area contributed by atoms with E-state index in [9.17, 15) is 9.59 Å². The molecule has 1 aromatic heterocycles. The lowest BCUT2D eigenvalue weighted by atomic mass is 10.2. The van der Waals surface area contributed by atoms with Gasteiger partial charge in [0.2, 0.25) is 5.91 Å². The van der Waals surface area contributed by atoms with E-state index in [1.54, 1.807) is 43.4 Å². The van der Waals surface area contributed by atoms with E-state index in [4.69, 9.17) is 9.47 Å². The minimum atomic E-state index is -0.147. The van der Waals surface area contributed by atoms with E-state index in [-0.39, 0.29) is 11.8 Å². The maximum Gasteiger partial charge on any atom is 0.261 e. The number of benzene rings is 1. The standard InChI is InChI=1S/C17H20N2O4S/c1-12(20)19(9-8-18-17(21)16-5-4-10-24-16)14-11-13(22-2)6-7-15(14)23-3/h4-7,10-11H,8-9H2,1-3H3,(H,18,21). The van der Waals surface area contributed by atoms with Crippen molar-refractivity contribution in [1.82, 2.24) is 5.32 Å². The molecule has 2 aromatic rings. The van der Waals surface area contributed by atoms with E-state index < -0.39 is 0 Å². The molecule has 6 nitrogen and oxygen atoms in total. The Morgan fingerprint density at radius 3 is 2.58 bits per heavy atom. The number of anilines is 1. The summed E-state index contributed by atoms with van der Waals surface area (Å²) in [6.45, 7) is 2.13. The minimum absolute atomic E-state index is 0.146. The highest BCUT2D eigenvalue weighted by atomic mass is 32.1. The molecule has 0 atom stereocenters. The van der Waals surface area contributed by atoms with E-state index in [1.807, 2.05) is 11.4 Å². The van der Waals surface area contributed by atoms with Gasteiger partial charge < -0.3 is 19.7 Å². The van der Waals surface area contributed by atoms with E-state index >= 15 is 0 Å². The number of hydrogen-bond donors (Lipinski definition) is 1. The fourth-order valence-electron chi connectivity index (χ4n) is 2.23. The highest BCUT2D eigenvalue weighted by molar-refractivity contribution is 7.12. The number of hydrogen-bond acceptors (Lipinski definition) is 5. The van der Waals surface area contributed by atoms with Crippen molar-refractivity contribution in [3.63, 3.8) is 0 Å². The van der Waals surface area contributed by atoms with Crippen LogP contribution >= 0.6 is 11.3 Å². The molecule has 1 aromatic carbocycles. The maximum absolute atomic E-state index is 12.0. The summed E-state index contributed by atoms with van der Waals surface area (Å²) in [6.07, 6.45) is 0. The average Bonchev–Trinajstić information content (AvgIpc) is 3.12. The van der Waals surface area contributed by atoms with Crippen LogP contribution in [0.3, 0.4) is 0 Å². The van der Waals surface area contributed by atoms with Crippen molar-refractivity contribution < 1.29 is 19.1 Å². The second-order valence-electron chi connectivity index (χ2n) is 4.94. The van der Waals surface area contributed by atoms with Crippen LogP contribution in [-0.2, 0) is 4.79 Å². The zero-order chi connectivity index (χ0) is 17.5. The molecule has 0 aliphatic carbocycles. The third-order valence-corrected chi connectivity index (χ3v) is 4.29. The lowest BCUT2D eigenvalue weighted by Gasteiger charge is -2.24. The first-order chi connectivity index (χ1) is 11.6. The number of amides is 2. The monoisotopic (exact) mass is 348 g/mol. The number of ether oxygens (including phenoxy) is 2. The third kappa shape index (κ3) is 4.26. The van der Waals surface area contributed by atoms with Gasteiger partial charge in [-0.15, -0.1) is 11.3 Å². The number of carbonyl (C=O) groups is 2. The molecule has 0 saturated heterocycles. The van der Waals surface area contributed by atoms with Crippen molar-refractivity contribution >= 4 is 28.8 Å². The van der Waals surface area contributed by atoms with Gasteiger partial charge in [0.25, 0.3) is 5.91 Å². The molecule has 0 bridgehead atoms. The first kappa shape index (κ1) is 17.8. The lowest BCUT2D eigenvalue weighted by Crippen LogP contribution is -2.37. The smallest absolute Gasteiger partial charge is 0.261 e. The number of rotatable bonds is 7. The fraction of sp³-hybridized carbons (Fsp3) is 0.294. The summed E-state index contributed by atoms with van der Waals surface area (Å²) >= 11 is 1.37. The second kappa shape index (κ2) is 8.35. The van der Waals surface area contributed by atoms with Crippen LogP contribution in [0.2, 0.25) is 0 Å². The van der Waals surface area contributed by atoms with Gasteiger partial charge in [-0.05, 0) is 23.6 Å². The predicted octanol–water partition coefficient (Wildman–Crippen LogP) is 2.55. The third-order valence-electron chi connectivity index (χ3n) is 3.42. The Kier molecular flexibility index (Phi) is 6.20. The van der Waals surface area contributed by atoms with Crippen molar-refractivity contribution in [2.75, 3.05) is 32.2 Å². The van der Waals surface area contributed by atoms with Crippen LogP contribution in [0.4, 0.5) is 5.69 Å². The molecule has 1 N–H and O–H groups in total. The fourth-order valence-corrected chi connectivity index (χ4v) is 2.87. The normalized spacial score (nSPS) is 10.1. The van der Waals surface area contributed by atoms with Gasteiger partial charge in [-0.3, -0.25) is 9.59 Å². The Morgan fingerprint density at radius 1 is 1.21 bits per heavy atom. The molecule has 0 radical (unpaired) electrons. The van der Waals surface area contributed by atoms with Crippen molar-refractivity contribution in [2.45, 2.75) is 6.92 Å². The van der Waals surface area contributed by atoms with Crippen LogP contribution < -0.4 is 19.7 Å². The molecule has 0 saturated carbocycles. The summed E-state index contributed by atoms with van der Waals surface area (Å²) in [5, 5.41) is 4.66. The summed E-state index contributed by atoms with van der Waals surface area (Å²) in [5.74, 6) is 0.897. The zero-order valence-electron chi connectivity index (χ0n) is 13.9. The summed E-state index contributed by atoms with van der Waals surface area (Å²) in [5.41, 5.74) is 0.606. The number of carbonyl (C=O) groups excluding carboxylic acids is 2. The summed E-state index contributed by atoms with van der Waals surface area (Å²) in [4.78, 5) is 26.2. The molecule has 2 amide bonds. The van der Waals surface area contributed by atoms with E-state index in [1.165, 1.54) is 18.3 Å². The molecular formula is C17H20N2O4S. The van der Waals surface area contributed by atoms with Gasteiger partial charge in [-0.1, -0.05) is 6.07 Å². The number of nitrogens with zero attached hydrogens (tertiary/aromatic N) is 1. The molecule has 24 heavy (non-hydrogen) atoms. The van der Waals surface area contributed by atoms with Gasteiger partial charge in [0.15, 0.2) is 0 Å². The van der Waals surface area contributed by atoms with Gasteiger partial charge in [0, 0.05) is 26.1 Å². The van der Waals surface area contributed by atoms with Crippen LogP contribution in [0.5, 0.6) is 11.5 Å². The molecule has 0 spiro atoms. The van der Waals surface area contributed by atoms with Gasteiger partial charge in [-0.25, -0.2) is 0 Å². The van der Waals surface area contributed by atoms with Crippen LogP contribution in [0, 0.1) is 0 Å². The van der Waals surface area contributed by atoms with Crippen molar-refractivity contribution in [3.8, 4) is 11.5 Å². The van der Waals surface area contributed by atoms with Gasteiger partial charge >= 0.3 is 0 Å². The Labute approximate surface area is 145 Å². The molecule has 128 valence electrons. The summed E-state index contributed by atoms with van der Waals surface area (Å²) in [6, 6.07) is 8.82. The summed E-state index contributed by atoms with van der Waals surface area (Å²) < 4.78 is 10.5. The topological polar surface area (TPSA) is 67.9 Å². The van der Waals surface area contributed by atoms with Crippen molar-refractivity contribution in [3.05, 3.63) is 40.6 Å². The Hall–Kier alpha value is -2.54. The van der Waals surface area contributed by atoms with Crippen molar-refractivity contribution in [2.24, 2.45) is 0 Å². The number of thiophene rings is 1. The quantitative estimate of drug-likeness (QED) is 0.835. The molecule has 2 rings (SSSR count). The molecule has 0 aliphatic heterocycles. The Balaban J connectivity index is 2.09. The molecule has 0 aliphatic rings. The highest BCUT2D eigenvalue weighted by Crippen LogP contribution is 2.32. The van der Waals surface area contributed by atoms with Gasteiger partial charge in [0.1, 0.15) is 11.5 Å². The molecule has 7 heteroatoms. The lowest BCUT2D eigenvalue weighted by molar-refractivity contribution is -0.116. The van der Waals surface area contributed by atoms with Crippen LogP contribution in [0.15, 0.2) is 35.7 Å². The predicted molar refractivity (Wildman–Crippen MR) is 94.2 cm³/mol. The van der Waals surface area contributed by atoms with E-state index in [0.29, 0.717) is 35.2 Å². The van der Waals surface area contributed by atoms with E-state index in [2.05, 4.69) is 5.32 Å². The first-order valence-corrected chi connectivity index (χ1v) is 8.26. The molecule has 1 heterocycles. The average molecular weight is 348 g/mol. The molecule has 0 unspecified atom stereocenters. The van der Waals surface area contributed by atoms with Gasteiger partial charge in [0.05, 0.1) is 24.8 Å². The van der Waals surface area contributed by atoms with Crippen LogP contribution in [0.25, 0.3) is 0 Å². The number of methoxy groups -OCH3 is 2. The van der Waals surface area contributed by atoms with Crippen LogP contribution in [-0.4, -0.2) is 39.1 Å². The van der Waals surface area contributed by atoms with E-state index in [0.717, 1.165) is 0 Å². The second-order valence-corrected chi connectivity index (χ2v) is 5.89. The maximum atomic E-state index is 12.0. The number of nitrogens with one attached hydrogen (secondary N) is 1. The van der Waals surface area contributed by atoms with Gasteiger partial charge in [-0.2, -0.15) is 0 Å². The Bertz CT molecular complexity index is 701.